The van der Waals surface area contributed by atoms with Crippen LogP contribution < -0.4 is 20.3 Å². The minimum Gasteiger partial charge on any atom is -0.453 e. The molecule has 1 fully saturated rings. The lowest BCUT2D eigenvalue weighted by Crippen LogP contribution is -2.39. The number of hydrogen-bond donors (Lipinski definition) is 2. The molecule has 6 rings (SSSR count). The van der Waals surface area contributed by atoms with Crippen molar-refractivity contribution in [1.29, 1.82) is 0 Å². The molecular weight excluding hydrogens is 585 g/mol. The van der Waals surface area contributed by atoms with Crippen LogP contribution in [-0.2, 0) is 18.3 Å². The second kappa shape index (κ2) is 12.8. The van der Waals surface area contributed by atoms with Gasteiger partial charge in [0, 0.05) is 63.5 Å². The molecule has 1 aliphatic rings. The van der Waals surface area contributed by atoms with Crippen LogP contribution in [0.25, 0.3) is 20.9 Å². The SMILES string of the molecule is COCCNCc1cnc(-c2cc3nccc(Oc4ccc(NC(=O)N5CCN(c6ccccc6)C5=O)cc4F)c3s2)n1C. The van der Waals surface area contributed by atoms with Crippen LogP contribution >= 0.6 is 11.3 Å². The van der Waals surface area contributed by atoms with Crippen LogP contribution in [0, 0.1) is 5.82 Å². The number of carbonyl (C=O) groups excluding carboxylic acids is 2. The van der Waals surface area contributed by atoms with Gasteiger partial charge in [0.05, 0.1) is 40.1 Å². The summed E-state index contributed by atoms with van der Waals surface area (Å²) in [6.07, 6.45) is 3.44. The van der Waals surface area contributed by atoms with Crippen molar-refractivity contribution in [3.63, 3.8) is 0 Å². The Balaban J connectivity index is 1.14. The summed E-state index contributed by atoms with van der Waals surface area (Å²) in [7, 11) is 3.62. The number of urea groups is 2. The zero-order chi connectivity index (χ0) is 30.6. The van der Waals surface area contributed by atoms with E-state index in [1.54, 1.807) is 31.5 Å². The topological polar surface area (TPSA) is 114 Å². The number of aromatic nitrogens is 3. The molecule has 0 radical (unpaired) electrons. The van der Waals surface area contributed by atoms with Gasteiger partial charge in [-0.25, -0.2) is 23.9 Å². The van der Waals surface area contributed by atoms with Gasteiger partial charge in [-0.1, -0.05) is 18.2 Å². The Morgan fingerprint density at radius 2 is 1.91 bits per heavy atom. The molecule has 2 aromatic carbocycles. The summed E-state index contributed by atoms with van der Waals surface area (Å²) in [6, 6.07) is 15.8. The fraction of sp³-hybridized carbons (Fsp3) is 0.226. The maximum atomic E-state index is 15.2. The van der Waals surface area contributed by atoms with Crippen LogP contribution in [0.15, 0.2) is 73.1 Å². The number of halogens is 1. The van der Waals surface area contributed by atoms with Crippen molar-refractivity contribution in [3.05, 3.63) is 84.6 Å². The molecule has 3 aromatic heterocycles. The molecule has 2 N–H and O–H groups in total. The van der Waals surface area contributed by atoms with Gasteiger partial charge in [-0.05, 0) is 30.3 Å². The maximum absolute atomic E-state index is 15.2. The number of nitrogens with one attached hydrogen (secondary N) is 2. The van der Waals surface area contributed by atoms with Gasteiger partial charge >= 0.3 is 12.1 Å². The number of rotatable bonds is 10. The van der Waals surface area contributed by atoms with Gasteiger partial charge in [0.25, 0.3) is 0 Å². The first-order chi connectivity index (χ1) is 21.4. The summed E-state index contributed by atoms with van der Waals surface area (Å²) in [5, 5.41) is 5.93. The highest BCUT2D eigenvalue weighted by atomic mass is 32.1. The Kier molecular flexibility index (Phi) is 8.50. The molecule has 0 atom stereocenters. The number of amides is 4. The van der Waals surface area contributed by atoms with Gasteiger partial charge in [0.15, 0.2) is 11.6 Å². The highest BCUT2D eigenvalue weighted by Crippen LogP contribution is 2.39. The van der Waals surface area contributed by atoms with Gasteiger partial charge in [0.1, 0.15) is 11.6 Å². The van der Waals surface area contributed by atoms with Crippen molar-refractivity contribution in [2.24, 2.45) is 7.05 Å². The van der Waals surface area contributed by atoms with Crippen molar-refractivity contribution >= 4 is 45.0 Å². The average Bonchev–Trinajstić information content (AvgIpc) is 3.74. The maximum Gasteiger partial charge on any atom is 0.332 e. The van der Waals surface area contributed by atoms with E-state index < -0.39 is 17.9 Å². The molecular formula is C31H30FN7O4S. The van der Waals surface area contributed by atoms with Crippen molar-refractivity contribution in [2.45, 2.75) is 6.54 Å². The molecule has 11 nitrogen and oxygen atoms in total. The minimum atomic E-state index is -0.669. The van der Waals surface area contributed by atoms with Crippen LogP contribution in [0.1, 0.15) is 5.69 Å². The number of thiophene rings is 1. The predicted octanol–water partition coefficient (Wildman–Crippen LogP) is 5.84. The quantitative estimate of drug-likeness (QED) is 0.190. The smallest absolute Gasteiger partial charge is 0.332 e. The fourth-order valence-corrected chi connectivity index (χ4v) is 5.98. The van der Waals surface area contributed by atoms with E-state index in [0.717, 1.165) is 38.6 Å². The number of imidazole rings is 1. The number of ether oxygens (including phenoxy) is 2. The highest BCUT2D eigenvalue weighted by Gasteiger charge is 2.34. The molecule has 5 aromatic rings. The molecule has 0 aliphatic carbocycles. The lowest BCUT2D eigenvalue weighted by atomic mass is 10.3. The van der Waals surface area contributed by atoms with Crippen LogP contribution in [0.3, 0.4) is 0 Å². The van der Waals surface area contributed by atoms with E-state index in [1.807, 2.05) is 42.1 Å². The number of imide groups is 1. The first-order valence-corrected chi connectivity index (χ1v) is 14.8. The van der Waals surface area contributed by atoms with Crippen molar-refractivity contribution in [3.8, 4) is 22.2 Å². The predicted molar refractivity (Wildman–Crippen MR) is 167 cm³/mol. The van der Waals surface area contributed by atoms with E-state index in [2.05, 4.69) is 20.6 Å². The number of pyridine rings is 1. The van der Waals surface area contributed by atoms with Gasteiger partial charge in [-0.2, -0.15) is 0 Å². The van der Waals surface area contributed by atoms with Crippen LogP contribution in [0.5, 0.6) is 11.5 Å². The largest absolute Gasteiger partial charge is 0.453 e. The third kappa shape index (κ3) is 5.97. The van der Waals surface area contributed by atoms with E-state index in [0.29, 0.717) is 36.6 Å². The summed E-state index contributed by atoms with van der Waals surface area (Å²) in [5.41, 5.74) is 2.63. The van der Waals surface area contributed by atoms with Crippen molar-refractivity contribution in [1.82, 2.24) is 24.8 Å². The third-order valence-electron chi connectivity index (χ3n) is 7.19. The highest BCUT2D eigenvalue weighted by molar-refractivity contribution is 7.22. The van der Waals surface area contributed by atoms with Crippen molar-refractivity contribution in [2.75, 3.05) is 43.6 Å². The number of benzene rings is 2. The molecule has 1 aliphatic heterocycles. The number of para-hydroxylation sites is 1. The lowest BCUT2D eigenvalue weighted by Gasteiger charge is -2.18. The summed E-state index contributed by atoms with van der Waals surface area (Å²) in [4.78, 5) is 38.3. The Labute approximate surface area is 256 Å². The average molecular weight is 616 g/mol. The fourth-order valence-electron chi connectivity index (χ4n) is 4.88. The zero-order valence-electron chi connectivity index (χ0n) is 24.1. The molecule has 1 saturated heterocycles. The summed E-state index contributed by atoms with van der Waals surface area (Å²) in [5.74, 6) is 0.552. The van der Waals surface area contributed by atoms with Gasteiger partial charge in [-0.15, -0.1) is 11.3 Å². The molecule has 4 amide bonds. The van der Waals surface area contributed by atoms with Crippen LogP contribution in [-0.4, -0.2) is 64.8 Å². The Morgan fingerprint density at radius 3 is 2.70 bits per heavy atom. The number of anilines is 2. The van der Waals surface area contributed by atoms with E-state index in [9.17, 15) is 9.59 Å². The third-order valence-corrected chi connectivity index (χ3v) is 8.33. The number of methoxy groups -OCH3 is 1. The number of hydrogen-bond acceptors (Lipinski definition) is 8. The minimum absolute atomic E-state index is 0.0145. The summed E-state index contributed by atoms with van der Waals surface area (Å²) in [6.45, 7) is 2.60. The lowest BCUT2D eigenvalue weighted by molar-refractivity contribution is 0.199. The van der Waals surface area contributed by atoms with Crippen molar-refractivity contribution < 1.29 is 23.5 Å². The molecule has 226 valence electrons. The standard InChI is InChI=1S/C31H30FN7O4S/c1-37-22(18-33-12-15-42-2)19-35-29(37)27-17-24-28(44-27)26(10-11-34-24)43-25-9-8-20(16-23(25)32)36-30(40)39-14-13-38(31(39)41)21-6-4-3-5-7-21/h3-11,16-17,19,33H,12-15,18H2,1-2H3,(H,36,40). The number of fused-ring (bicyclic) bond motifs is 1. The van der Waals surface area contributed by atoms with E-state index in [1.165, 1.54) is 28.4 Å². The first kappa shape index (κ1) is 29.2. The first-order valence-electron chi connectivity index (χ1n) is 13.9. The summed E-state index contributed by atoms with van der Waals surface area (Å²) < 4.78 is 29.0. The van der Waals surface area contributed by atoms with Gasteiger partial charge in [0.2, 0.25) is 0 Å². The second-order valence-corrected chi connectivity index (χ2v) is 11.1. The number of carbonyl (C=O) groups is 2. The molecule has 0 spiro atoms. The molecule has 4 heterocycles. The summed E-state index contributed by atoms with van der Waals surface area (Å²) >= 11 is 1.45. The Morgan fingerprint density at radius 1 is 1.07 bits per heavy atom. The van der Waals surface area contributed by atoms with Gasteiger partial charge in [-0.3, -0.25) is 9.88 Å². The van der Waals surface area contributed by atoms with Gasteiger partial charge < -0.3 is 24.7 Å². The molecule has 0 saturated carbocycles. The van der Waals surface area contributed by atoms with E-state index in [4.69, 9.17) is 9.47 Å². The Hall–Kier alpha value is -4.85. The second-order valence-electron chi connectivity index (χ2n) is 10.0. The molecule has 13 heteroatoms. The number of nitrogens with zero attached hydrogens (tertiary/aromatic N) is 5. The van der Waals surface area contributed by atoms with E-state index in [-0.39, 0.29) is 18.0 Å². The molecule has 0 bridgehead atoms. The normalized spacial score (nSPS) is 13.2. The Bertz CT molecular complexity index is 1810. The molecule has 0 unspecified atom stereocenters. The zero-order valence-corrected chi connectivity index (χ0v) is 24.9. The van der Waals surface area contributed by atoms with Crippen LogP contribution in [0.4, 0.5) is 25.4 Å². The van der Waals surface area contributed by atoms with Crippen LogP contribution in [0.2, 0.25) is 0 Å². The monoisotopic (exact) mass is 615 g/mol. The molecule has 44 heavy (non-hydrogen) atoms. The van der Waals surface area contributed by atoms with E-state index >= 15 is 4.39 Å².